The van der Waals surface area contributed by atoms with E-state index in [1.165, 1.54) is 13.2 Å². The Kier molecular flexibility index (Phi) is 5.06. The maximum atomic E-state index is 14.1. The lowest BCUT2D eigenvalue weighted by molar-refractivity contribution is -0.139. The van der Waals surface area contributed by atoms with Crippen molar-refractivity contribution in [1.29, 1.82) is 0 Å². The van der Waals surface area contributed by atoms with Gasteiger partial charge in [0, 0.05) is 5.56 Å². The highest BCUT2D eigenvalue weighted by molar-refractivity contribution is 5.71. The van der Waals surface area contributed by atoms with Crippen LogP contribution in [-0.4, -0.2) is 19.6 Å². The standard InChI is InChI=1S/C17H18FNO2/c1-12-6-5-7-13(10-12)17(19-11-16(20)21-2)14-8-3-4-9-15(14)18/h3-10,17,19H,11H2,1-2H3. The molecule has 2 rings (SSSR count). The predicted molar refractivity (Wildman–Crippen MR) is 79.4 cm³/mol. The fourth-order valence-electron chi connectivity index (χ4n) is 2.22. The van der Waals surface area contributed by atoms with Gasteiger partial charge in [0.15, 0.2) is 0 Å². The lowest BCUT2D eigenvalue weighted by atomic mass is 9.97. The van der Waals surface area contributed by atoms with E-state index in [-0.39, 0.29) is 18.3 Å². The first kappa shape index (κ1) is 15.2. The molecule has 0 bridgehead atoms. The summed E-state index contributed by atoms with van der Waals surface area (Å²) in [4.78, 5) is 11.4. The Hall–Kier alpha value is -2.20. The largest absolute Gasteiger partial charge is 0.468 e. The Balaban J connectivity index is 2.35. The van der Waals surface area contributed by atoms with E-state index >= 15 is 0 Å². The van der Waals surface area contributed by atoms with Crippen molar-refractivity contribution in [2.75, 3.05) is 13.7 Å². The Morgan fingerprint density at radius 2 is 2.00 bits per heavy atom. The fraction of sp³-hybridized carbons (Fsp3) is 0.235. The van der Waals surface area contributed by atoms with Crippen molar-refractivity contribution in [2.24, 2.45) is 0 Å². The van der Waals surface area contributed by atoms with Gasteiger partial charge in [0.25, 0.3) is 0 Å². The normalized spacial score (nSPS) is 12.0. The van der Waals surface area contributed by atoms with Gasteiger partial charge in [-0.15, -0.1) is 0 Å². The van der Waals surface area contributed by atoms with Crippen LogP contribution < -0.4 is 5.32 Å². The third kappa shape index (κ3) is 3.89. The molecular formula is C17H18FNO2. The summed E-state index contributed by atoms with van der Waals surface area (Å²) >= 11 is 0. The molecular weight excluding hydrogens is 269 g/mol. The average molecular weight is 287 g/mol. The molecule has 2 aromatic carbocycles. The number of rotatable bonds is 5. The Morgan fingerprint density at radius 3 is 2.67 bits per heavy atom. The first-order chi connectivity index (χ1) is 10.1. The molecule has 0 aliphatic rings. The van der Waals surface area contributed by atoms with E-state index in [4.69, 9.17) is 0 Å². The van der Waals surface area contributed by atoms with Gasteiger partial charge in [0.2, 0.25) is 0 Å². The molecule has 1 unspecified atom stereocenters. The smallest absolute Gasteiger partial charge is 0.319 e. The molecule has 4 heteroatoms. The van der Waals surface area contributed by atoms with E-state index in [9.17, 15) is 9.18 Å². The van der Waals surface area contributed by atoms with Gasteiger partial charge in [-0.25, -0.2) is 4.39 Å². The van der Waals surface area contributed by atoms with Crippen LogP contribution in [0.15, 0.2) is 48.5 Å². The maximum Gasteiger partial charge on any atom is 0.319 e. The van der Waals surface area contributed by atoms with E-state index < -0.39 is 6.04 Å². The van der Waals surface area contributed by atoms with Gasteiger partial charge in [-0.05, 0) is 18.6 Å². The van der Waals surface area contributed by atoms with E-state index in [0.29, 0.717) is 5.56 Å². The monoisotopic (exact) mass is 287 g/mol. The lowest BCUT2D eigenvalue weighted by Crippen LogP contribution is -2.29. The molecule has 0 heterocycles. The quantitative estimate of drug-likeness (QED) is 0.859. The number of nitrogens with one attached hydrogen (secondary N) is 1. The highest BCUT2D eigenvalue weighted by Gasteiger charge is 2.18. The molecule has 0 radical (unpaired) electrons. The molecule has 0 saturated carbocycles. The number of hydrogen-bond acceptors (Lipinski definition) is 3. The minimum atomic E-state index is -0.398. The number of esters is 1. The van der Waals surface area contributed by atoms with Crippen molar-refractivity contribution in [1.82, 2.24) is 5.32 Å². The number of aryl methyl sites for hydroxylation is 1. The molecule has 0 aromatic heterocycles. The number of carbonyl (C=O) groups excluding carboxylic acids is 1. The van der Waals surface area contributed by atoms with Gasteiger partial charge in [-0.2, -0.15) is 0 Å². The van der Waals surface area contributed by atoms with E-state index in [0.717, 1.165) is 11.1 Å². The Morgan fingerprint density at radius 1 is 1.24 bits per heavy atom. The summed E-state index contributed by atoms with van der Waals surface area (Å²) in [6.45, 7) is 1.99. The van der Waals surface area contributed by atoms with Gasteiger partial charge in [0.1, 0.15) is 5.82 Å². The number of ether oxygens (including phenoxy) is 1. The first-order valence-electron chi connectivity index (χ1n) is 6.73. The number of methoxy groups -OCH3 is 1. The second-order valence-corrected chi connectivity index (χ2v) is 4.83. The van der Waals surface area contributed by atoms with Crippen molar-refractivity contribution in [2.45, 2.75) is 13.0 Å². The van der Waals surface area contributed by atoms with Crippen LogP contribution >= 0.6 is 0 Å². The fourth-order valence-corrected chi connectivity index (χ4v) is 2.22. The van der Waals surface area contributed by atoms with E-state index in [1.807, 2.05) is 31.2 Å². The van der Waals surface area contributed by atoms with Crippen LogP contribution in [-0.2, 0) is 9.53 Å². The highest BCUT2D eigenvalue weighted by Crippen LogP contribution is 2.24. The van der Waals surface area contributed by atoms with Gasteiger partial charge in [-0.3, -0.25) is 10.1 Å². The van der Waals surface area contributed by atoms with Crippen molar-refractivity contribution in [3.05, 3.63) is 71.0 Å². The third-order valence-corrected chi connectivity index (χ3v) is 3.27. The van der Waals surface area contributed by atoms with Crippen molar-refractivity contribution in [3.8, 4) is 0 Å². The van der Waals surface area contributed by atoms with Crippen LogP contribution in [0.25, 0.3) is 0 Å². The minimum Gasteiger partial charge on any atom is -0.468 e. The van der Waals surface area contributed by atoms with Gasteiger partial charge < -0.3 is 4.74 Å². The van der Waals surface area contributed by atoms with Crippen LogP contribution in [0.5, 0.6) is 0 Å². The zero-order valence-corrected chi connectivity index (χ0v) is 12.1. The van der Waals surface area contributed by atoms with Gasteiger partial charge in [-0.1, -0.05) is 48.0 Å². The highest BCUT2D eigenvalue weighted by atomic mass is 19.1. The maximum absolute atomic E-state index is 14.1. The summed E-state index contributed by atoms with van der Waals surface area (Å²) in [6, 6.07) is 13.9. The van der Waals surface area contributed by atoms with Crippen LogP contribution in [0, 0.1) is 12.7 Å². The molecule has 0 aliphatic carbocycles. The third-order valence-electron chi connectivity index (χ3n) is 3.27. The predicted octanol–water partition coefficient (Wildman–Crippen LogP) is 2.99. The molecule has 1 atom stereocenters. The van der Waals surface area contributed by atoms with Crippen molar-refractivity contribution in [3.63, 3.8) is 0 Å². The molecule has 1 N–H and O–H groups in total. The molecule has 0 fully saturated rings. The zero-order valence-electron chi connectivity index (χ0n) is 12.1. The SMILES string of the molecule is COC(=O)CNC(c1cccc(C)c1)c1ccccc1F. The van der Waals surface area contributed by atoms with Gasteiger partial charge in [0.05, 0.1) is 19.7 Å². The molecule has 0 saturated heterocycles. The zero-order chi connectivity index (χ0) is 15.2. The van der Waals surface area contributed by atoms with Crippen LogP contribution in [0.4, 0.5) is 4.39 Å². The summed E-state index contributed by atoms with van der Waals surface area (Å²) in [5.74, 6) is -0.689. The van der Waals surface area contributed by atoms with Crippen molar-refractivity contribution < 1.29 is 13.9 Å². The molecule has 2 aromatic rings. The second-order valence-electron chi connectivity index (χ2n) is 4.83. The van der Waals surface area contributed by atoms with Gasteiger partial charge >= 0.3 is 5.97 Å². The summed E-state index contributed by atoms with van der Waals surface area (Å²) in [6.07, 6.45) is 0. The summed E-state index contributed by atoms with van der Waals surface area (Å²) < 4.78 is 18.7. The van der Waals surface area contributed by atoms with E-state index in [1.54, 1.807) is 18.2 Å². The molecule has 0 aliphatic heterocycles. The average Bonchev–Trinajstić information content (AvgIpc) is 2.49. The number of halogens is 1. The number of hydrogen-bond donors (Lipinski definition) is 1. The lowest BCUT2D eigenvalue weighted by Gasteiger charge is -2.20. The first-order valence-corrected chi connectivity index (χ1v) is 6.73. The molecule has 110 valence electrons. The minimum absolute atomic E-state index is 0.0173. The summed E-state index contributed by atoms with van der Waals surface area (Å²) in [5, 5.41) is 3.06. The summed E-state index contributed by atoms with van der Waals surface area (Å²) in [7, 11) is 1.33. The Bertz CT molecular complexity index is 628. The molecule has 3 nitrogen and oxygen atoms in total. The number of carbonyl (C=O) groups is 1. The Labute approximate surface area is 123 Å². The molecule has 0 amide bonds. The van der Waals surface area contributed by atoms with Crippen molar-refractivity contribution >= 4 is 5.97 Å². The molecule has 0 spiro atoms. The van der Waals surface area contributed by atoms with E-state index in [2.05, 4.69) is 10.1 Å². The molecule has 21 heavy (non-hydrogen) atoms. The number of benzene rings is 2. The summed E-state index contributed by atoms with van der Waals surface area (Å²) in [5.41, 5.74) is 2.49. The van der Waals surface area contributed by atoms with Crippen LogP contribution in [0.3, 0.4) is 0 Å². The topological polar surface area (TPSA) is 38.3 Å². The van der Waals surface area contributed by atoms with Crippen LogP contribution in [0.2, 0.25) is 0 Å². The van der Waals surface area contributed by atoms with Crippen LogP contribution in [0.1, 0.15) is 22.7 Å². The second kappa shape index (κ2) is 6.99.